The third-order valence-electron chi connectivity index (χ3n) is 7.54. The second kappa shape index (κ2) is 9.32. The van der Waals surface area contributed by atoms with Crippen LogP contribution in [0.3, 0.4) is 0 Å². The Morgan fingerprint density at radius 1 is 1.22 bits per heavy atom. The molecular weight excluding hydrogens is 466 g/mol. The number of rotatable bonds is 5. The van der Waals surface area contributed by atoms with Crippen LogP contribution in [0.15, 0.2) is 60.9 Å². The lowest BCUT2D eigenvalue weighted by Gasteiger charge is -2.32. The second-order valence-electron chi connectivity index (χ2n) is 10.4. The number of nitrogens with zero attached hydrogens (tertiary/aromatic N) is 4. The summed E-state index contributed by atoms with van der Waals surface area (Å²) in [6.45, 7) is 11.9. The molecule has 37 heavy (non-hydrogen) atoms. The van der Waals surface area contributed by atoms with Crippen molar-refractivity contribution in [2.45, 2.75) is 44.3 Å². The zero-order chi connectivity index (χ0) is 26.3. The number of nitrogens with one attached hydrogen (secondary N) is 1. The number of carbonyl (C=O) groups excluding carboxylic acids is 3. The zero-order valence-corrected chi connectivity index (χ0v) is 21.1. The van der Waals surface area contributed by atoms with Crippen molar-refractivity contribution in [3.63, 3.8) is 0 Å². The Balaban J connectivity index is 1.46. The monoisotopic (exact) mass is 495 g/mol. The third kappa shape index (κ3) is 4.10. The minimum atomic E-state index is -0.960. The van der Waals surface area contributed by atoms with Gasteiger partial charge in [-0.05, 0) is 47.6 Å². The van der Waals surface area contributed by atoms with Gasteiger partial charge in [0.1, 0.15) is 11.5 Å². The molecule has 1 aromatic heterocycles. The fraction of sp³-hybridized carbons (Fsp3) is 0.345. The van der Waals surface area contributed by atoms with Crippen LogP contribution in [0.4, 0.5) is 5.69 Å². The Bertz CT molecular complexity index is 1440. The highest BCUT2D eigenvalue weighted by molar-refractivity contribution is 6.07. The molecule has 1 fully saturated rings. The number of aromatic nitrogens is 1. The molecule has 1 spiro atoms. The van der Waals surface area contributed by atoms with Gasteiger partial charge >= 0.3 is 6.17 Å². The van der Waals surface area contributed by atoms with E-state index in [-0.39, 0.29) is 36.6 Å². The molecular formula is C29H29N5O3. The van der Waals surface area contributed by atoms with Gasteiger partial charge in [0.15, 0.2) is 0 Å². The summed E-state index contributed by atoms with van der Waals surface area (Å²) in [6.07, 6.45) is 3.31. The summed E-state index contributed by atoms with van der Waals surface area (Å²) >= 11 is 0. The minimum absolute atomic E-state index is 0.112. The Labute approximate surface area is 216 Å². The van der Waals surface area contributed by atoms with E-state index in [1.165, 1.54) is 9.80 Å². The molecule has 3 amide bonds. The topological polar surface area (TPSA) is 87.0 Å². The number of likely N-dealkylation sites (tertiary alicyclic amines) is 1. The number of pyridine rings is 1. The van der Waals surface area contributed by atoms with Crippen LogP contribution in [0.25, 0.3) is 15.6 Å². The van der Waals surface area contributed by atoms with Gasteiger partial charge in [0, 0.05) is 42.6 Å². The number of para-hydroxylation sites is 1. The number of hydrogen-bond donors (Lipinski definition) is 1. The highest BCUT2D eigenvalue weighted by Crippen LogP contribution is 2.47. The third-order valence-corrected chi connectivity index (χ3v) is 7.54. The van der Waals surface area contributed by atoms with E-state index in [0.717, 1.165) is 22.0 Å². The standard InChI is InChI=1S/C29H29N5O3/c1-18(2)13-24(33(4)26(35)20-9-10-21-16-31-12-11-19(21)14-20)27(36)34-17-29(15-25(34)30-3)22-7-5-6-8-23(22)32-28(29)37/h5-12,14,16,18,24-25H,13,15,17H2,1-2,4H3,(H,32,37)/t24-,25-,29-/m0/s1. The predicted molar refractivity (Wildman–Crippen MR) is 141 cm³/mol. The Hall–Kier alpha value is -4.25. The lowest BCUT2D eigenvalue weighted by Crippen LogP contribution is -2.51. The largest absolute Gasteiger partial charge is 0.330 e. The fourth-order valence-electron chi connectivity index (χ4n) is 5.58. The van der Waals surface area contributed by atoms with Crippen LogP contribution < -0.4 is 5.32 Å². The first-order valence-electron chi connectivity index (χ1n) is 12.4. The molecule has 188 valence electrons. The first kappa shape index (κ1) is 24.4. The van der Waals surface area contributed by atoms with E-state index in [0.29, 0.717) is 12.0 Å². The van der Waals surface area contributed by atoms with Gasteiger partial charge in [-0.15, -0.1) is 0 Å². The molecule has 3 atom stereocenters. The van der Waals surface area contributed by atoms with E-state index in [1.54, 1.807) is 31.6 Å². The summed E-state index contributed by atoms with van der Waals surface area (Å²) in [5.74, 6) is -0.627. The summed E-state index contributed by atoms with van der Waals surface area (Å²) in [6, 6.07) is 13.9. The maximum Gasteiger partial charge on any atom is 0.302 e. The summed E-state index contributed by atoms with van der Waals surface area (Å²) in [5, 5.41) is 4.74. The number of hydrogen-bond acceptors (Lipinski definition) is 4. The predicted octanol–water partition coefficient (Wildman–Crippen LogP) is 4.09. The molecule has 2 aromatic carbocycles. The number of amides is 3. The van der Waals surface area contributed by atoms with Crippen LogP contribution in [0, 0.1) is 12.5 Å². The summed E-state index contributed by atoms with van der Waals surface area (Å²) < 4.78 is 0. The van der Waals surface area contributed by atoms with E-state index in [1.807, 2.05) is 50.2 Å². The van der Waals surface area contributed by atoms with Crippen molar-refractivity contribution < 1.29 is 14.4 Å². The van der Waals surface area contributed by atoms with Gasteiger partial charge in [0.2, 0.25) is 5.91 Å². The van der Waals surface area contributed by atoms with Gasteiger partial charge in [0.05, 0.1) is 6.42 Å². The molecule has 0 radical (unpaired) electrons. The Kier molecular flexibility index (Phi) is 6.16. The van der Waals surface area contributed by atoms with E-state index >= 15 is 0 Å². The SMILES string of the molecule is [C-]#[N+][C@@H]1C[C@@]2(CN1C(=O)[C@H](CC(C)C)N(C)C(=O)c1ccc3cnccc3c1)C(=O)Nc1ccccc12. The van der Waals surface area contributed by atoms with Crippen molar-refractivity contribution in [3.05, 3.63) is 83.5 Å². The lowest BCUT2D eigenvalue weighted by molar-refractivity contribution is -0.136. The molecule has 1 saturated heterocycles. The molecule has 3 aromatic rings. The average molecular weight is 496 g/mol. The highest BCUT2D eigenvalue weighted by atomic mass is 16.2. The van der Waals surface area contributed by atoms with Crippen molar-refractivity contribution in [1.82, 2.24) is 14.8 Å². The summed E-state index contributed by atoms with van der Waals surface area (Å²) in [5.41, 5.74) is 1.06. The van der Waals surface area contributed by atoms with Crippen LogP contribution in [-0.2, 0) is 15.0 Å². The summed E-state index contributed by atoms with van der Waals surface area (Å²) in [7, 11) is 1.64. The van der Waals surface area contributed by atoms with Crippen molar-refractivity contribution >= 4 is 34.2 Å². The maximum atomic E-state index is 14.0. The first-order chi connectivity index (χ1) is 17.7. The van der Waals surface area contributed by atoms with Crippen LogP contribution in [0.5, 0.6) is 0 Å². The zero-order valence-electron chi connectivity index (χ0n) is 21.1. The quantitative estimate of drug-likeness (QED) is 0.540. The molecule has 0 unspecified atom stereocenters. The summed E-state index contributed by atoms with van der Waals surface area (Å²) in [4.78, 5) is 51.6. The van der Waals surface area contributed by atoms with Crippen LogP contribution in [0.1, 0.15) is 42.6 Å². The van der Waals surface area contributed by atoms with Gasteiger partial charge in [-0.1, -0.05) is 38.1 Å². The van der Waals surface area contributed by atoms with Crippen LogP contribution in [-0.4, -0.2) is 58.3 Å². The van der Waals surface area contributed by atoms with Crippen molar-refractivity contribution in [1.29, 1.82) is 0 Å². The molecule has 2 aliphatic heterocycles. The molecule has 8 heteroatoms. The maximum absolute atomic E-state index is 14.0. The molecule has 1 N–H and O–H groups in total. The molecule has 5 rings (SSSR count). The Morgan fingerprint density at radius 2 is 2.00 bits per heavy atom. The smallest absolute Gasteiger partial charge is 0.302 e. The van der Waals surface area contributed by atoms with Crippen molar-refractivity contribution in [2.24, 2.45) is 5.92 Å². The second-order valence-corrected chi connectivity index (χ2v) is 10.4. The van der Waals surface area contributed by atoms with Gasteiger partial charge in [-0.3, -0.25) is 29.1 Å². The fourth-order valence-corrected chi connectivity index (χ4v) is 5.58. The van der Waals surface area contributed by atoms with Crippen LogP contribution in [0.2, 0.25) is 0 Å². The Morgan fingerprint density at radius 3 is 2.76 bits per heavy atom. The molecule has 0 aliphatic carbocycles. The number of fused-ring (bicyclic) bond motifs is 3. The van der Waals surface area contributed by atoms with Gasteiger partial charge in [-0.2, -0.15) is 0 Å². The molecule has 3 heterocycles. The van der Waals surface area contributed by atoms with E-state index in [9.17, 15) is 14.4 Å². The number of carbonyl (C=O) groups is 3. The lowest BCUT2D eigenvalue weighted by atomic mass is 9.80. The molecule has 2 aliphatic rings. The van der Waals surface area contributed by atoms with Gasteiger partial charge in [-0.25, -0.2) is 6.57 Å². The minimum Gasteiger partial charge on any atom is -0.330 e. The first-order valence-corrected chi connectivity index (χ1v) is 12.4. The van der Waals surface area contributed by atoms with Crippen molar-refractivity contribution in [2.75, 3.05) is 18.9 Å². The van der Waals surface area contributed by atoms with Crippen LogP contribution >= 0.6 is 0 Å². The number of benzene rings is 2. The average Bonchev–Trinajstić information content (AvgIpc) is 3.43. The number of anilines is 1. The van der Waals surface area contributed by atoms with Crippen molar-refractivity contribution in [3.8, 4) is 0 Å². The van der Waals surface area contributed by atoms with E-state index in [2.05, 4.69) is 15.1 Å². The molecule has 0 saturated carbocycles. The van der Waals surface area contributed by atoms with E-state index in [4.69, 9.17) is 6.57 Å². The van der Waals surface area contributed by atoms with E-state index < -0.39 is 17.6 Å². The number of likely N-dealkylation sites (N-methyl/N-ethyl adjacent to an activating group) is 1. The normalized spacial score (nSPS) is 21.1. The highest BCUT2D eigenvalue weighted by Gasteiger charge is 2.59. The van der Waals surface area contributed by atoms with Gasteiger partial charge in [0.25, 0.3) is 11.8 Å². The van der Waals surface area contributed by atoms with Gasteiger partial charge < -0.3 is 10.2 Å². The molecule has 0 bridgehead atoms. The molecule has 8 nitrogen and oxygen atoms in total.